The number of hydrogen-bond donors (Lipinski definition) is 3. The summed E-state index contributed by atoms with van der Waals surface area (Å²) >= 11 is 0. The van der Waals surface area contributed by atoms with E-state index in [2.05, 4.69) is 4.84 Å². The molecule has 1 unspecified atom stereocenters. The zero-order valence-corrected chi connectivity index (χ0v) is 22.8. The molecule has 0 amide bonds. The van der Waals surface area contributed by atoms with E-state index >= 15 is 4.39 Å². The van der Waals surface area contributed by atoms with Gasteiger partial charge in [0.2, 0.25) is 5.78 Å². The highest BCUT2D eigenvalue weighted by molar-refractivity contribution is 6.01. The lowest BCUT2D eigenvalue weighted by Gasteiger charge is -2.62. The first-order valence-corrected chi connectivity index (χ1v) is 13.6. The van der Waals surface area contributed by atoms with Crippen molar-refractivity contribution in [3.05, 3.63) is 23.8 Å². The summed E-state index contributed by atoms with van der Waals surface area (Å²) in [5.41, 5.74) is -3.52. The summed E-state index contributed by atoms with van der Waals surface area (Å²) < 4.78 is 35.4. The van der Waals surface area contributed by atoms with Gasteiger partial charge in [0.15, 0.2) is 29.4 Å². The minimum Gasteiger partial charge on any atom is -0.458 e. The molecule has 5 aliphatic rings. The van der Waals surface area contributed by atoms with E-state index in [0.29, 0.717) is 24.8 Å². The molecule has 1 heterocycles. The first-order valence-electron chi connectivity index (χ1n) is 13.6. The SMILES string of the molecule is CC1(C)O[C@@H]2C[C@H]3C4CCC5=CC(=O)C=C[C@]5(C)[C@@]4(F)[C@@H](O)C[C@]3(C)[C@]2(C(=O)COC(=O)CCCONO)O1. The number of allylic oxidation sites excluding steroid dienone is 4. The molecule has 5 rings (SSSR count). The third kappa shape index (κ3) is 3.99. The van der Waals surface area contributed by atoms with Crippen LogP contribution in [0.2, 0.25) is 0 Å². The lowest BCUT2D eigenvalue weighted by molar-refractivity contribution is -0.246. The molecule has 1 saturated heterocycles. The predicted molar refractivity (Wildman–Crippen MR) is 133 cm³/mol. The summed E-state index contributed by atoms with van der Waals surface area (Å²) in [6, 6.07) is 0. The fourth-order valence-electron chi connectivity index (χ4n) is 8.47. The largest absolute Gasteiger partial charge is 0.458 e. The van der Waals surface area contributed by atoms with Crippen molar-refractivity contribution < 1.29 is 48.1 Å². The Hall–Kier alpha value is -2.02. The molecule has 0 aromatic carbocycles. The van der Waals surface area contributed by atoms with Crippen LogP contribution in [0.5, 0.6) is 0 Å². The van der Waals surface area contributed by atoms with Crippen molar-refractivity contribution in [3.63, 3.8) is 0 Å². The number of nitrogens with one attached hydrogen (secondary N) is 1. The average molecular weight is 552 g/mol. The second kappa shape index (κ2) is 9.53. The Labute approximate surface area is 226 Å². The summed E-state index contributed by atoms with van der Waals surface area (Å²) in [5.74, 6) is -3.35. The van der Waals surface area contributed by atoms with Gasteiger partial charge in [0, 0.05) is 23.2 Å². The van der Waals surface area contributed by atoms with Crippen LogP contribution in [0.25, 0.3) is 0 Å². The lowest BCUT2D eigenvalue weighted by Crippen LogP contribution is -2.70. The van der Waals surface area contributed by atoms with Crippen molar-refractivity contribution in [3.8, 4) is 0 Å². The monoisotopic (exact) mass is 551 g/mol. The van der Waals surface area contributed by atoms with Crippen LogP contribution in [0, 0.1) is 22.7 Å². The molecule has 0 aromatic heterocycles. The molecule has 3 saturated carbocycles. The maximum absolute atomic E-state index is 17.4. The van der Waals surface area contributed by atoms with E-state index in [1.807, 2.05) is 6.92 Å². The molecule has 0 spiro atoms. The van der Waals surface area contributed by atoms with E-state index in [9.17, 15) is 19.5 Å². The number of carbonyl (C=O) groups is 3. The van der Waals surface area contributed by atoms with Crippen LogP contribution in [0.15, 0.2) is 23.8 Å². The van der Waals surface area contributed by atoms with Crippen molar-refractivity contribution in [2.24, 2.45) is 22.7 Å². The molecular weight excluding hydrogens is 513 g/mol. The van der Waals surface area contributed by atoms with Gasteiger partial charge in [-0.25, -0.2) is 4.39 Å². The Morgan fingerprint density at radius 2 is 1.97 bits per heavy atom. The van der Waals surface area contributed by atoms with E-state index in [1.165, 1.54) is 17.8 Å². The van der Waals surface area contributed by atoms with E-state index in [4.69, 9.17) is 19.4 Å². The number of alkyl halides is 1. The van der Waals surface area contributed by atoms with Crippen LogP contribution in [0.1, 0.15) is 66.2 Å². The number of fused-ring (bicyclic) bond motifs is 7. The van der Waals surface area contributed by atoms with Crippen LogP contribution in [-0.4, -0.2) is 70.3 Å². The van der Waals surface area contributed by atoms with Crippen LogP contribution in [-0.2, 0) is 33.4 Å². The quantitative estimate of drug-likeness (QED) is 0.234. The van der Waals surface area contributed by atoms with E-state index in [1.54, 1.807) is 26.8 Å². The molecule has 0 radical (unpaired) electrons. The van der Waals surface area contributed by atoms with Crippen molar-refractivity contribution in [2.45, 2.75) is 95.5 Å². The predicted octanol–water partition coefficient (Wildman–Crippen LogP) is 2.66. The second-order valence-corrected chi connectivity index (χ2v) is 12.5. The molecule has 8 atom stereocenters. The highest BCUT2D eigenvalue weighted by Crippen LogP contribution is 2.72. The number of rotatable bonds is 8. The highest BCUT2D eigenvalue weighted by Gasteiger charge is 2.80. The van der Waals surface area contributed by atoms with E-state index < -0.39 is 64.4 Å². The Kier molecular flexibility index (Phi) is 6.96. The Bertz CT molecular complexity index is 1120. The standard InChI is InChI=1S/C28H38FNO9/c1-24(2)38-22-13-19-18-8-7-16-12-17(31)9-10-25(16,3)27(18,29)20(32)14-26(19,4)28(22,39-24)21(33)15-36-23(34)6-5-11-37-30-35/h9-10,12,18-20,22,30,32,35H,5-8,11,13-15H2,1-4H3/t18?,19-,20-,22+,25-,26-,27-,28+/m0/s1. The van der Waals surface area contributed by atoms with Gasteiger partial charge < -0.3 is 19.3 Å². The molecular formula is C28H38FNO9. The summed E-state index contributed by atoms with van der Waals surface area (Å²) in [6.07, 6.45) is 3.77. The zero-order valence-electron chi connectivity index (χ0n) is 22.8. The summed E-state index contributed by atoms with van der Waals surface area (Å²) in [5, 5.41) is 20.0. The van der Waals surface area contributed by atoms with Crippen molar-refractivity contribution in [2.75, 3.05) is 13.2 Å². The maximum Gasteiger partial charge on any atom is 0.306 e. The lowest BCUT2D eigenvalue weighted by atomic mass is 9.44. The van der Waals surface area contributed by atoms with Gasteiger partial charge in [-0.05, 0) is 70.9 Å². The molecule has 3 N–H and O–H groups in total. The molecule has 11 heteroatoms. The first kappa shape index (κ1) is 28.5. The minimum absolute atomic E-state index is 0.0241. The van der Waals surface area contributed by atoms with Crippen molar-refractivity contribution >= 4 is 17.5 Å². The number of Topliss-reactive ketones (excluding diaryl/α,β-unsaturated/α-hetero) is 1. The number of halogens is 1. The second-order valence-electron chi connectivity index (χ2n) is 12.5. The minimum atomic E-state index is -2.05. The Morgan fingerprint density at radius 3 is 2.69 bits per heavy atom. The fraction of sp³-hybridized carbons (Fsp3) is 0.750. The number of hydrogen-bond acceptors (Lipinski definition) is 10. The number of ether oxygens (including phenoxy) is 3. The van der Waals surface area contributed by atoms with Gasteiger partial charge in [0.25, 0.3) is 0 Å². The van der Waals surface area contributed by atoms with Gasteiger partial charge in [0.05, 0.1) is 18.8 Å². The van der Waals surface area contributed by atoms with Gasteiger partial charge in [0.1, 0.15) is 0 Å². The third-order valence-electron chi connectivity index (χ3n) is 10.1. The number of aliphatic hydroxyl groups excluding tert-OH is 1. The Balaban J connectivity index is 1.45. The van der Waals surface area contributed by atoms with Crippen LogP contribution < -0.4 is 5.64 Å². The average Bonchev–Trinajstić information content (AvgIpc) is 3.27. The fourth-order valence-corrected chi connectivity index (χ4v) is 8.47. The molecule has 0 aromatic rings. The van der Waals surface area contributed by atoms with Crippen molar-refractivity contribution in [1.29, 1.82) is 0 Å². The van der Waals surface area contributed by atoms with Gasteiger partial charge in [-0.15, -0.1) is 0 Å². The molecule has 1 aliphatic heterocycles. The van der Waals surface area contributed by atoms with Gasteiger partial charge in [-0.2, -0.15) is 0 Å². The maximum atomic E-state index is 17.4. The molecule has 10 nitrogen and oxygen atoms in total. The number of aliphatic hydroxyl groups is 1. The molecule has 4 fully saturated rings. The van der Waals surface area contributed by atoms with Crippen LogP contribution in [0.3, 0.4) is 0 Å². The summed E-state index contributed by atoms with van der Waals surface area (Å²) in [4.78, 5) is 42.9. The van der Waals surface area contributed by atoms with Crippen LogP contribution >= 0.6 is 0 Å². The normalized spacial score (nSPS) is 43.7. The number of ketones is 2. The molecule has 39 heavy (non-hydrogen) atoms. The zero-order chi connectivity index (χ0) is 28.4. The van der Waals surface area contributed by atoms with Gasteiger partial charge >= 0.3 is 5.97 Å². The number of carbonyl (C=O) groups excluding carboxylic acids is 3. The van der Waals surface area contributed by atoms with E-state index in [-0.39, 0.29) is 37.6 Å². The Morgan fingerprint density at radius 1 is 1.23 bits per heavy atom. The summed E-state index contributed by atoms with van der Waals surface area (Å²) in [7, 11) is 0. The van der Waals surface area contributed by atoms with Gasteiger partial charge in [-0.1, -0.05) is 24.2 Å². The van der Waals surface area contributed by atoms with Crippen LogP contribution in [0.4, 0.5) is 4.39 Å². The third-order valence-corrected chi connectivity index (χ3v) is 10.1. The molecule has 216 valence electrons. The smallest absolute Gasteiger partial charge is 0.306 e. The van der Waals surface area contributed by atoms with E-state index in [0.717, 1.165) is 0 Å². The highest BCUT2D eigenvalue weighted by atomic mass is 19.1. The first-order chi connectivity index (χ1) is 18.2. The topological polar surface area (TPSA) is 141 Å². The summed E-state index contributed by atoms with van der Waals surface area (Å²) in [6.45, 7) is 6.54. The molecule has 0 bridgehead atoms. The van der Waals surface area contributed by atoms with Gasteiger partial charge in [-0.3, -0.25) is 24.4 Å². The van der Waals surface area contributed by atoms with Crippen molar-refractivity contribution in [1.82, 2.24) is 5.64 Å². The molecule has 4 aliphatic carbocycles. The number of esters is 1.